The summed E-state index contributed by atoms with van der Waals surface area (Å²) in [5.74, 6) is 1.25. The molecule has 1 fully saturated rings. The minimum atomic E-state index is 0.312. The second kappa shape index (κ2) is 7.16. The molecule has 20 heavy (non-hydrogen) atoms. The second-order valence-electron chi connectivity index (χ2n) is 5.40. The summed E-state index contributed by atoms with van der Waals surface area (Å²) in [5, 5.41) is 1.11. The minimum absolute atomic E-state index is 0.312. The van der Waals surface area contributed by atoms with E-state index in [2.05, 4.69) is 30.3 Å². The number of likely N-dealkylation sites (tertiary alicyclic amines) is 1. The second-order valence-corrected chi connectivity index (χ2v) is 6.47. The molecule has 0 bridgehead atoms. The molecule has 0 aliphatic carbocycles. The van der Waals surface area contributed by atoms with Crippen molar-refractivity contribution in [1.82, 2.24) is 14.5 Å². The number of amides is 1. The van der Waals surface area contributed by atoms with Gasteiger partial charge in [0.15, 0.2) is 5.16 Å². The van der Waals surface area contributed by atoms with Gasteiger partial charge < -0.3 is 9.47 Å². The molecule has 2 rings (SSSR count). The third-order valence-corrected chi connectivity index (χ3v) is 4.88. The number of hydrogen-bond acceptors (Lipinski definition) is 3. The Bertz CT molecular complexity index is 470. The molecule has 0 N–H and O–H groups in total. The third-order valence-electron chi connectivity index (χ3n) is 3.92. The number of thioether (sulfide) groups is 1. The molecule has 0 aromatic carbocycles. The van der Waals surface area contributed by atoms with Gasteiger partial charge in [0, 0.05) is 37.5 Å². The van der Waals surface area contributed by atoms with Gasteiger partial charge in [-0.15, -0.1) is 0 Å². The van der Waals surface area contributed by atoms with E-state index >= 15 is 0 Å². The van der Waals surface area contributed by atoms with Gasteiger partial charge in [-0.2, -0.15) is 0 Å². The number of carbonyl (C=O) groups excluding carboxylic acids is 1. The van der Waals surface area contributed by atoms with E-state index in [4.69, 9.17) is 0 Å². The van der Waals surface area contributed by atoms with Crippen molar-refractivity contribution in [2.75, 3.05) is 18.8 Å². The van der Waals surface area contributed by atoms with Gasteiger partial charge in [-0.1, -0.05) is 25.1 Å². The topological polar surface area (TPSA) is 38.1 Å². The molecule has 4 nitrogen and oxygen atoms in total. The highest BCUT2D eigenvalue weighted by atomic mass is 32.2. The van der Waals surface area contributed by atoms with Crippen LogP contribution in [0.25, 0.3) is 0 Å². The monoisotopic (exact) mass is 295 g/mol. The van der Waals surface area contributed by atoms with Crippen molar-refractivity contribution >= 4 is 17.7 Å². The highest BCUT2D eigenvalue weighted by Gasteiger charge is 2.20. The first kappa shape index (κ1) is 15.4. The Hall–Kier alpha value is -0.970. The summed E-state index contributed by atoms with van der Waals surface area (Å²) in [4.78, 5) is 18.2. The molecular formula is C15H25N3OS. The third kappa shape index (κ3) is 3.57. The standard InChI is InChI=1S/C15H25N3OS/c1-4-5-9-18-13(3)12(2)16-15(18)20-11-10-17-8-6-7-14(17)19/h4-11H2,1-3H3. The predicted octanol–water partition coefficient (Wildman–Crippen LogP) is 3.01. The van der Waals surface area contributed by atoms with Gasteiger partial charge in [-0.3, -0.25) is 4.79 Å². The predicted molar refractivity (Wildman–Crippen MR) is 83.1 cm³/mol. The summed E-state index contributed by atoms with van der Waals surface area (Å²) < 4.78 is 2.33. The van der Waals surface area contributed by atoms with Crippen LogP contribution >= 0.6 is 11.8 Å². The zero-order valence-corrected chi connectivity index (χ0v) is 13.6. The van der Waals surface area contributed by atoms with E-state index in [9.17, 15) is 4.79 Å². The van der Waals surface area contributed by atoms with Crippen molar-refractivity contribution in [3.63, 3.8) is 0 Å². The maximum atomic E-state index is 11.6. The number of nitrogens with zero attached hydrogens (tertiary/aromatic N) is 3. The fraction of sp³-hybridized carbons (Fsp3) is 0.733. The van der Waals surface area contributed by atoms with Gasteiger partial charge in [-0.25, -0.2) is 4.98 Å². The zero-order chi connectivity index (χ0) is 14.5. The zero-order valence-electron chi connectivity index (χ0n) is 12.8. The molecule has 1 aliphatic heterocycles. The van der Waals surface area contributed by atoms with Crippen LogP contribution in [0, 0.1) is 13.8 Å². The Morgan fingerprint density at radius 2 is 2.10 bits per heavy atom. The molecule has 1 aromatic rings. The fourth-order valence-electron chi connectivity index (χ4n) is 2.50. The van der Waals surface area contributed by atoms with Gasteiger partial charge >= 0.3 is 0 Å². The number of rotatable bonds is 7. The number of aromatic nitrogens is 2. The Morgan fingerprint density at radius 1 is 1.30 bits per heavy atom. The van der Waals surface area contributed by atoms with Crippen LogP contribution in [0.2, 0.25) is 0 Å². The highest BCUT2D eigenvalue weighted by molar-refractivity contribution is 7.99. The molecule has 2 heterocycles. The van der Waals surface area contributed by atoms with E-state index < -0.39 is 0 Å². The normalized spacial score (nSPS) is 15.3. The van der Waals surface area contributed by atoms with Crippen LogP contribution in [0.15, 0.2) is 5.16 Å². The van der Waals surface area contributed by atoms with E-state index in [0.29, 0.717) is 5.91 Å². The van der Waals surface area contributed by atoms with Crippen LogP contribution in [0.4, 0.5) is 0 Å². The Kier molecular flexibility index (Phi) is 5.52. The van der Waals surface area contributed by atoms with Gasteiger partial charge in [-0.05, 0) is 26.7 Å². The molecule has 0 saturated carbocycles. The molecule has 0 spiro atoms. The van der Waals surface area contributed by atoms with Gasteiger partial charge in [0.1, 0.15) is 0 Å². The molecule has 5 heteroatoms. The van der Waals surface area contributed by atoms with Crippen LogP contribution < -0.4 is 0 Å². The van der Waals surface area contributed by atoms with E-state index in [1.807, 2.05) is 4.90 Å². The van der Waals surface area contributed by atoms with Crippen molar-refractivity contribution < 1.29 is 4.79 Å². The lowest BCUT2D eigenvalue weighted by Gasteiger charge is -2.15. The van der Waals surface area contributed by atoms with Crippen molar-refractivity contribution in [3.8, 4) is 0 Å². The number of hydrogen-bond donors (Lipinski definition) is 0. The summed E-state index contributed by atoms with van der Waals surface area (Å²) in [6.45, 7) is 9.26. The first-order chi connectivity index (χ1) is 9.63. The average Bonchev–Trinajstić information content (AvgIpc) is 2.94. The van der Waals surface area contributed by atoms with E-state index in [1.54, 1.807) is 11.8 Å². The summed E-state index contributed by atoms with van der Waals surface area (Å²) >= 11 is 1.78. The average molecular weight is 295 g/mol. The molecule has 1 amide bonds. The lowest BCUT2D eigenvalue weighted by molar-refractivity contribution is -0.127. The van der Waals surface area contributed by atoms with E-state index in [0.717, 1.165) is 49.1 Å². The molecule has 0 atom stereocenters. The Balaban J connectivity index is 1.91. The molecule has 1 saturated heterocycles. The van der Waals surface area contributed by atoms with Crippen LogP contribution in [0.5, 0.6) is 0 Å². The lowest BCUT2D eigenvalue weighted by Crippen LogP contribution is -2.27. The van der Waals surface area contributed by atoms with Crippen molar-refractivity contribution in [2.24, 2.45) is 0 Å². The summed E-state index contributed by atoms with van der Waals surface area (Å²) in [6, 6.07) is 0. The van der Waals surface area contributed by atoms with Gasteiger partial charge in [0.05, 0.1) is 5.69 Å². The summed E-state index contributed by atoms with van der Waals surface area (Å²) in [7, 11) is 0. The molecule has 0 unspecified atom stereocenters. The van der Waals surface area contributed by atoms with Gasteiger partial charge in [0.2, 0.25) is 5.91 Å². The van der Waals surface area contributed by atoms with Crippen LogP contribution in [0.3, 0.4) is 0 Å². The van der Waals surface area contributed by atoms with Crippen molar-refractivity contribution in [3.05, 3.63) is 11.4 Å². The van der Waals surface area contributed by atoms with E-state index in [1.165, 1.54) is 18.5 Å². The van der Waals surface area contributed by atoms with Crippen molar-refractivity contribution in [1.29, 1.82) is 0 Å². The first-order valence-electron chi connectivity index (χ1n) is 7.57. The number of imidazole rings is 1. The van der Waals surface area contributed by atoms with Crippen LogP contribution in [-0.4, -0.2) is 39.2 Å². The SMILES string of the molecule is CCCCn1c(SCCN2CCCC2=O)nc(C)c1C. The highest BCUT2D eigenvalue weighted by Crippen LogP contribution is 2.22. The first-order valence-corrected chi connectivity index (χ1v) is 8.56. The summed E-state index contributed by atoms with van der Waals surface area (Å²) in [6.07, 6.45) is 4.14. The smallest absolute Gasteiger partial charge is 0.222 e. The lowest BCUT2D eigenvalue weighted by atomic mass is 10.3. The van der Waals surface area contributed by atoms with Crippen LogP contribution in [0.1, 0.15) is 44.0 Å². The van der Waals surface area contributed by atoms with Gasteiger partial charge in [0.25, 0.3) is 0 Å². The van der Waals surface area contributed by atoms with Crippen LogP contribution in [-0.2, 0) is 11.3 Å². The maximum absolute atomic E-state index is 11.6. The number of unbranched alkanes of at least 4 members (excludes halogenated alkanes) is 1. The van der Waals surface area contributed by atoms with Crippen molar-refractivity contribution in [2.45, 2.75) is 58.2 Å². The quantitative estimate of drug-likeness (QED) is 0.726. The molecule has 1 aliphatic rings. The number of aryl methyl sites for hydroxylation is 1. The van der Waals surface area contributed by atoms with E-state index in [-0.39, 0.29) is 0 Å². The molecule has 0 radical (unpaired) electrons. The number of carbonyl (C=O) groups is 1. The Morgan fingerprint density at radius 3 is 2.75 bits per heavy atom. The molecule has 1 aromatic heterocycles. The molecule has 112 valence electrons. The molecular weight excluding hydrogens is 270 g/mol. The fourth-order valence-corrected chi connectivity index (χ4v) is 3.58. The Labute approximate surface area is 125 Å². The maximum Gasteiger partial charge on any atom is 0.222 e. The minimum Gasteiger partial charge on any atom is -0.342 e. The summed E-state index contributed by atoms with van der Waals surface area (Å²) in [5.41, 5.74) is 2.40. The largest absolute Gasteiger partial charge is 0.342 e.